The van der Waals surface area contributed by atoms with E-state index in [-0.39, 0.29) is 11.3 Å². The Morgan fingerprint density at radius 2 is 1.94 bits per heavy atom. The molecule has 0 saturated heterocycles. The van der Waals surface area contributed by atoms with E-state index in [4.69, 9.17) is 10.9 Å². The molecule has 7 heteroatoms. The Morgan fingerprint density at radius 3 is 2.29 bits per heavy atom. The molecular formula is C10H14N2O4S. The van der Waals surface area contributed by atoms with E-state index in [1.54, 1.807) is 12.1 Å². The number of aliphatic carboxylic acids is 1. The smallest absolute Gasteiger partial charge is 0.322 e. The van der Waals surface area contributed by atoms with Crippen LogP contribution in [0, 0.1) is 0 Å². The van der Waals surface area contributed by atoms with Gasteiger partial charge < -0.3 is 5.11 Å². The van der Waals surface area contributed by atoms with Crippen LogP contribution in [0.3, 0.4) is 0 Å². The Bertz CT molecular complexity index is 496. The highest BCUT2D eigenvalue weighted by molar-refractivity contribution is 7.90. The third kappa shape index (κ3) is 3.81. The molecule has 6 nitrogen and oxygen atoms in total. The average molecular weight is 258 g/mol. The van der Waals surface area contributed by atoms with Crippen molar-refractivity contribution in [2.75, 3.05) is 6.26 Å². The molecule has 0 saturated carbocycles. The van der Waals surface area contributed by atoms with Crippen LogP contribution >= 0.6 is 0 Å². The van der Waals surface area contributed by atoms with E-state index in [2.05, 4.69) is 5.43 Å². The van der Waals surface area contributed by atoms with E-state index in [0.29, 0.717) is 5.56 Å². The first-order valence-corrected chi connectivity index (χ1v) is 6.71. The van der Waals surface area contributed by atoms with Gasteiger partial charge in [0, 0.05) is 6.26 Å². The van der Waals surface area contributed by atoms with Gasteiger partial charge in [-0.3, -0.25) is 10.6 Å². The summed E-state index contributed by atoms with van der Waals surface area (Å²) < 4.78 is 22.4. The second kappa shape index (κ2) is 5.26. The molecule has 1 atom stereocenters. The van der Waals surface area contributed by atoms with Gasteiger partial charge in [-0.05, 0) is 24.1 Å². The number of carboxylic acid groups (broad SMARTS) is 1. The molecule has 1 rings (SSSR count). The summed E-state index contributed by atoms with van der Waals surface area (Å²) in [6, 6.07) is 5.15. The largest absolute Gasteiger partial charge is 0.480 e. The molecule has 0 fully saturated rings. The van der Waals surface area contributed by atoms with Crippen molar-refractivity contribution in [2.24, 2.45) is 5.84 Å². The maximum absolute atomic E-state index is 11.2. The standard InChI is InChI=1S/C10H14N2O4S/c1-17(15,16)8-4-2-7(3-5-8)6-9(12-11)10(13)14/h2-5,9,12H,6,11H2,1H3,(H,13,14). The van der Waals surface area contributed by atoms with E-state index in [1.807, 2.05) is 0 Å². The van der Waals surface area contributed by atoms with E-state index in [0.717, 1.165) is 6.26 Å². The van der Waals surface area contributed by atoms with Crippen LogP contribution in [0.5, 0.6) is 0 Å². The Morgan fingerprint density at radius 1 is 1.41 bits per heavy atom. The van der Waals surface area contributed by atoms with Gasteiger partial charge in [0.25, 0.3) is 0 Å². The number of rotatable bonds is 5. The third-order valence-electron chi connectivity index (χ3n) is 2.29. The molecular weight excluding hydrogens is 244 g/mol. The van der Waals surface area contributed by atoms with E-state index >= 15 is 0 Å². The lowest BCUT2D eigenvalue weighted by atomic mass is 10.1. The molecule has 94 valence electrons. The molecule has 1 aromatic carbocycles. The Labute approximate surface area is 99.3 Å². The first kappa shape index (κ1) is 13.6. The quantitative estimate of drug-likeness (QED) is 0.487. The van der Waals surface area contributed by atoms with Gasteiger partial charge >= 0.3 is 5.97 Å². The first-order chi connectivity index (χ1) is 7.84. The van der Waals surface area contributed by atoms with Gasteiger partial charge in [0.1, 0.15) is 6.04 Å². The molecule has 4 N–H and O–H groups in total. The lowest BCUT2D eigenvalue weighted by Crippen LogP contribution is -2.42. The summed E-state index contributed by atoms with van der Waals surface area (Å²) in [5, 5.41) is 8.78. The summed E-state index contributed by atoms with van der Waals surface area (Å²) in [5.41, 5.74) is 2.87. The summed E-state index contributed by atoms with van der Waals surface area (Å²) in [6.45, 7) is 0. The minimum Gasteiger partial charge on any atom is -0.480 e. The van der Waals surface area contributed by atoms with Crippen molar-refractivity contribution < 1.29 is 18.3 Å². The summed E-state index contributed by atoms with van der Waals surface area (Å²) in [7, 11) is -3.23. The fourth-order valence-corrected chi connectivity index (χ4v) is 1.96. The highest BCUT2D eigenvalue weighted by Gasteiger charge is 2.16. The summed E-state index contributed by atoms with van der Waals surface area (Å²) >= 11 is 0. The van der Waals surface area contributed by atoms with Crippen molar-refractivity contribution in [3.63, 3.8) is 0 Å². The molecule has 1 unspecified atom stereocenters. The monoisotopic (exact) mass is 258 g/mol. The van der Waals surface area contributed by atoms with Gasteiger partial charge in [0.2, 0.25) is 0 Å². The Balaban J connectivity index is 2.85. The summed E-state index contributed by atoms with van der Waals surface area (Å²) in [6.07, 6.45) is 1.30. The molecule has 0 aliphatic rings. The number of nitrogens with two attached hydrogens (primary N) is 1. The Kier molecular flexibility index (Phi) is 4.22. The number of benzene rings is 1. The van der Waals surface area contributed by atoms with Crippen LogP contribution < -0.4 is 11.3 Å². The predicted molar refractivity (Wildman–Crippen MR) is 62.0 cm³/mol. The number of carboxylic acids is 1. The fraction of sp³-hybridized carbons (Fsp3) is 0.300. The van der Waals surface area contributed by atoms with Gasteiger partial charge in [0.05, 0.1) is 4.90 Å². The molecule has 0 heterocycles. The van der Waals surface area contributed by atoms with Gasteiger partial charge in [-0.15, -0.1) is 0 Å². The molecule has 0 radical (unpaired) electrons. The second-order valence-corrected chi connectivity index (χ2v) is 5.69. The van der Waals surface area contributed by atoms with E-state index in [1.165, 1.54) is 12.1 Å². The highest BCUT2D eigenvalue weighted by Crippen LogP contribution is 2.11. The number of hydrazine groups is 1. The SMILES string of the molecule is CS(=O)(=O)c1ccc(CC(NN)C(=O)O)cc1. The van der Waals surface area contributed by atoms with Crippen molar-refractivity contribution in [1.82, 2.24) is 5.43 Å². The number of carbonyl (C=O) groups is 1. The molecule has 0 bridgehead atoms. The van der Waals surface area contributed by atoms with Gasteiger partial charge in [-0.1, -0.05) is 12.1 Å². The van der Waals surface area contributed by atoms with Crippen LogP contribution in [0.25, 0.3) is 0 Å². The van der Waals surface area contributed by atoms with Crippen LogP contribution in [0.2, 0.25) is 0 Å². The van der Waals surface area contributed by atoms with Crippen LogP contribution in [0.1, 0.15) is 5.56 Å². The molecule has 17 heavy (non-hydrogen) atoms. The van der Waals surface area contributed by atoms with Crippen LogP contribution in [-0.2, 0) is 21.1 Å². The molecule has 0 spiro atoms. The number of sulfone groups is 1. The average Bonchev–Trinajstić information content (AvgIpc) is 2.25. The second-order valence-electron chi connectivity index (χ2n) is 3.68. The topological polar surface area (TPSA) is 109 Å². The van der Waals surface area contributed by atoms with E-state index < -0.39 is 21.8 Å². The van der Waals surface area contributed by atoms with Crippen molar-refractivity contribution in [1.29, 1.82) is 0 Å². The molecule has 0 aliphatic carbocycles. The van der Waals surface area contributed by atoms with Crippen molar-refractivity contribution in [2.45, 2.75) is 17.4 Å². The molecule has 0 aromatic heterocycles. The highest BCUT2D eigenvalue weighted by atomic mass is 32.2. The van der Waals surface area contributed by atoms with Crippen molar-refractivity contribution >= 4 is 15.8 Å². The fourth-order valence-electron chi connectivity index (χ4n) is 1.33. The normalized spacial score (nSPS) is 13.3. The molecule has 1 aromatic rings. The number of hydrogen-bond donors (Lipinski definition) is 3. The minimum atomic E-state index is -3.23. The van der Waals surface area contributed by atoms with E-state index in [9.17, 15) is 13.2 Å². The maximum atomic E-state index is 11.2. The summed E-state index contributed by atoms with van der Waals surface area (Å²) in [4.78, 5) is 10.9. The maximum Gasteiger partial charge on any atom is 0.322 e. The number of nitrogens with one attached hydrogen (secondary N) is 1. The zero-order valence-corrected chi connectivity index (χ0v) is 10.1. The third-order valence-corrected chi connectivity index (χ3v) is 3.42. The van der Waals surface area contributed by atoms with Crippen molar-refractivity contribution in [3.05, 3.63) is 29.8 Å². The van der Waals surface area contributed by atoms with Gasteiger partial charge in [-0.25, -0.2) is 13.8 Å². The minimum absolute atomic E-state index is 0.190. The van der Waals surface area contributed by atoms with Crippen molar-refractivity contribution in [3.8, 4) is 0 Å². The Hall–Kier alpha value is -1.44. The summed E-state index contributed by atoms with van der Waals surface area (Å²) in [5.74, 6) is 4.04. The molecule has 0 amide bonds. The zero-order valence-electron chi connectivity index (χ0n) is 9.25. The van der Waals surface area contributed by atoms with Gasteiger partial charge in [-0.2, -0.15) is 0 Å². The van der Waals surface area contributed by atoms with Crippen LogP contribution in [0.4, 0.5) is 0 Å². The first-order valence-electron chi connectivity index (χ1n) is 4.82. The lowest BCUT2D eigenvalue weighted by Gasteiger charge is -2.10. The number of hydrogen-bond acceptors (Lipinski definition) is 5. The molecule has 0 aliphatic heterocycles. The predicted octanol–water partition coefficient (Wildman–Crippen LogP) is -0.451. The van der Waals surface area contributed by atoms with Crippen LogP contribution in [-0.4, -0.2) is 31.8 Å². The zero-order chi connectivity index (χ0) is 13.1. The van der Waals surface area contributed by atoms with Gasteiger partial charge in [0.15, 0.2) is 9.84 Å². The lowest BCUT2D eigenvalue weighted by molar-refractivity contribution is -0.139. The van der Waals surface area contributed by atoms with Crippen LogP contribution in [0.15, 0.2) is 29.2 Å².